The number of hydrogen-bond donors (Lipinski definition) is 1. The second-order valence-corrected chi connectivity index (χ2v) is 7.93. The maximum atomic E-state index is 13.3. The summed E-state index contributed by atoms with van der Waals surface area (Å²) in [5.41, 5.74) is 0.741. The molecule has 1 amide bonds. The molecule has 1 saturated carbocycles. The highest BCUT2D eigenvalue weighted by molar-refractivity contribution is 5.94. The van der Waals surface area contributed by atoms with Crippen molar-refractivity contribution in [2.24, 2.45) is 5.92 Å². The van der Waals surface area contributed by atoms with Crippen molar-refractivity contribution in [2.45, 2.75) is 43.7 Å². The van der Waals surface area contributed by atoms with E-state index in [4.69, 9.17) is 4.74 Å². The van der Waals surface area contributed by atoms with Crippen molar-refractivity contribution in [3.8, 4) is 5.75 Å². The number of piperidine rings is 1. The van der Waals surface area contributed by atoms with E-state index in [9.17, 15) is 14.3 Å². The average Bonchev–Trinajstić information content (AvgIpc) is 2.73. The van der Waals surface area contributed by atoms with Crippen LogP contribution in [0.5, 0.6) is 5.75 Å². The van der Waals surface area contributed by atoms with Crippen molar-refractivity contribution >= 4 is 5.91 Å². The Hall–Kier alpha value is -2.40. The molecule has 5 heteroatoms. The maximum absolute atomic E-state index is 13.3. The van der Waals surface area contributed by atoms with Crippen LogP contribution < -0.4 is 4.74 Å². The molecule has 2 aromatic carbocycles. The first kappa shape index (κ1) is 18.9. The summed E-state index contributed by atoms with van der Waals surface area (Å²) in [6.07, 6.45) is 4.33. The Kier molecular flexibility index (Phi) is 5.11. The number of halogens is 1. The Bertz CT molecular complexity index is 836. The number of carbonyl (C=O) groups excluding carboxylic acids is 1. The predicted octanol–water partition coefficient (Wildman–Crippen LogP) is 4.34. The van der Waals surface area contributed by atoms with E-state index >= 15 is 0 Å². The van der Waals surface area contributed by atoms with Gasteiger partial charge in [0.05, 0.1) is 18.8 Å². The first-order valence-corrected chi connectivity index (χ1v) is 9.95. The van der Waals surface area contributed by atoms with Gasteiger partial charge in [-0.15, -0.1) is 0 Å². The van der Waals surface area contributed by atoms with E-state index < -0.39 is 5.60 Å². The normalized spacial score (nSPS) is 27.2. The molecule has 2 aliphatic rings. The van der Waals surface area contributed by atoms with Gasteiger partial charge in [0, 0.05) is 18.0 Å². The number of fused-ring (bicyclic) bond motifs is 1. The summed E-state index contributed by atoms with van der Waals surface area (Å²) in [6.45, 7) is 0.486. The van der Waals surface area contributed by atoms with Crippen LogP contribution in [0.3, 0.4) is 0 Å². The van der Waals surface area contributed by atoms with Gasteiger partial charge in [-0.1, -0.05) is 25.0 Å². The summed E-state index contributed by atoms with van der Waals surface area (Å²) in [5.74, 6) is 0.277. The molecule has 0 spiro atoms. The van der Waals surface area contributed by atoms with Crippen molar-refractivity contribution in [3.63, 3.8) is 0 Å². The van der Waals surface area contributed by atoms with Crippen molar-refractivity contribution in [3.05, 3.63) is 65.5 Å². The summed E-state index contributed by atoms with van der Waals surface area (Å²) in [7, 11) is 1.62. The minimum atomic E-state index is -0.734. The summed E-state index contributed by atoms with van der Waals surface area (Å²) in [4.78, 5) is 15.2. The summed E-state index contributed by atoms with van der Waals surface area (Å²) in [6, 6.07) is 13.2. The van der Waals surface area contributed by atoms with Crippen LogP contribution >= 0.6 is 0 Å². The number of rotatable bonds is 3. The third-order valence-electron chi connectivity index (χ3n) is 6.38. The Labute approximate surface area is 164 Å². The summed E-state index contributed by atoms with van der Waals surface area (Å²) in [5, 5.41) is 11.3. The molecule has 2 aromatic rings. The van der Waals surface area contributed by atoms with E-state index in [-0.39, 0.29) is 23.7 Å². The van der Waals surface area contributed by atoms with E-state index in [0.717, 1.165) is 37.0 Å². The zero-order valence-electron chi connectivity index (χ0n) is 16.1. The zero-order valence-corrected chi connectivity index (χ0v) is 16.1. The van der Waals surface area contributed by atoms with E-state index in [0.29, 0.717) is 18.5 Å². The third kappa shape index (κ3) is 3.39. The van der Waals surface area contributed by atoms with Gasteiger partial charge in [-0.05, 0) is 61.2 Å². The lowest BCUT2D eigenvalue weighted by Crippen LogP contribution is -2.56. The first-order chi connectivity index (χ1) is 13.5. The molecule has 1 heterocycles. The molecule has 1 saturated heterocycles. The zero-order chi connectivity index (χ0) is 19.7. The highest BCUT2D eigenvalue weighted by atomic mass is 19.1. The molecular formula is C23H26FNO3. The smallest absolute Gasteiger partial charge is 0.254 e. The van der Waals surface area contributed by atoms with Gasteiger partial charge in [0.15, 0.2) is 0 Å². The van der Waals surface area contributed by atoms with Crippen LogP contribution in [0.25, 0.3) is 0 Å². The Morgan fingerprint density at radius 3 is 2.50 bits per heavy atom. The van der Waals surface area contributed by atoms with E-state index in [1.54, 1.807) is 7.11 Å². The largest absolute Gasteiger partial charge is 0.497 e. The highest BCUT2D eigenvalue weighted by Crippen LogP contribution is 2.49. The lowest BCUT2D eigenvalue weighted by molar-refractivity contribution is -0.115. The molecule has 148 valence electrons. The third-order valence-corrected chi connectivity index (χ3v) is 6.38. The second-order valence-electron chi connectivity index (χ2n) is 7.93. The van der Waals surface area contributed by atoms with Crippen molar-refractivity contribution in [1.29, 1.82) is 0 Å². The quantitative estimate of drug-likeness (QED) is 0.858. The standard InChI is InChI=1S/C23H26FNO3/c1-28-19-11-7-16(8-12-19)21-20-4-2-3-13-23(20,27)14-15-25(21)22(26)17-5-9-18(24)10-6-17/h5-12,20-21,27H,2-4,13-15H2,1H3/t20-,21-,23-/m1/s1. The number of likely N-dealkylation sites (tertiary alicyclic amines) is 1. The SMILES string of the molecule is COc1ccc([C@@H]2[C@H]3CCCC[C@@]3(O)CCN2C(=O)c2ccc(F)cc2)cc1. The molecule has 0 aromatic heterocycles. The number of ether oxygens (including phenoxy) is 1. The van der Waals surface area contributed by atoms with Crippen LogP contribution in [0, 0.1) is 11.7 Å². The number of benzene rings is 2. The molecule has 4 rings (SSSR count). The average molecular weight is 383 g/mol. The lowest BCUT2D eigenvalue weighted by atomic mass is 9.66. The van der Waals surface area contributed by atoms with Crippen molar-refractivity contribution in [1.82, 2.24) is 4.90 Å². The van der Waals surface area contributed by atoms with Gasteiger partial charge in [0.2, 0.25) is 0 Å². The van der Waals surface area contributed by atoms with E-state index in [2.05, 4.69) is 0 Å². The number of methoxy groups -OCH3 is 1. The van der Waals surface area contributed by atoms with Gasteiger partial charge in [-0.3, -0.25) is 4.79 Å². The van der Waals surface area contributed by atoms with Gasteiger partial charge < -0.3 is 14.7 Å². The summed E-state index contributed by atoms with van der Waals surface area (Å²) >= 11 is 0. The van der Waals surface area contributed by atoms with Gasteiger partial charge >= 0.3 is 0 Å². The minimum absolute atomic E-state index is 0.00667. The molecule has 1 aliphatic carbocycles. The molecule has 4 nitrogen and oxygen atoms in total. The van der Waals surface area contributed by atoms with E-state index in [1.165, 1.54) is 24.3 Å². The van der Waals surface area contributed by atoms with Crippen molar-refractivity contribution in [2.75, 3.05) is 13.7 Å². The van der Waals surface area contributed by atoms with Crippen LogP contribution in [-0.4, -0.2) is 35.2 Å². The molecule has 28 heavy (non-hydrogen) atoms. The fourth-order valence-corrected chi connectivity index (χ4v) is 4.88. The fourth-order valence-electron chi connectivity index (χ4n) is 4.88. The molecule has 0 bridgehead atoms. The number of carbonyl (C=O) groups is 1. The maximum Gasteiger partial charge on any atom is 0.254 e. The molecule has 0 radical (unpaired) electrons. The molecule has 3 atom stereocenters. The number of amides is 1. The Balaban J connectivity index is 1.72. The predicted molar refractivity (Wildman–Crippen MR) is 105 cm³/mol. The fraction of sp³-hybridized carbons (Fsp3) is 0.435. The monoisotopic (exact) mass is 383 g/mol. The van der Waals surface area contributed by atoms with Crippen LogP contribution in [0.4, 0.5) is 4.39 Å². The molecule has 1 N–H and O–H groups in total. The highest BCUT2D eigenvalue weighted by Gasteiger charge is 2.50. The van der Waals surface area contributed by atoms with Gasteiger partial charge in [-0.2, -0.15) is 0 Å². The topological polar surface area (TPSA) is 49.8 Å². The molecule has 1 aliphatic heterocycles. The van der Waals surface area contributed by atoms with Crippen LogP contribution in [0.1, 0.15) is 54.1 Å². The van der Waals surface area contributed by atoms with E-state index in [1.807, 2.05) is 29.2 Å². The molecular weight excluding hydrogens is 357 g/mol. The molecule has 0 unspecified atom stereocenters. The minimum Gasteiger partial charge on any atom is -0.497 e. The van der Waals surface area contributed by atoms with Crippen LogP contribution in [0.2, 0.25) is 0 Å². The van der Waals surface area contributed by atoms with Gasteiger partial charge in [0.25, 0.3) is 5.91 Å². The number of nitrogens with zero attached hydrogens (tertiary/aromatic N) is 1. The van der Waals surface area contributed by atoms with Crippen LogP contribution in [-0.2, 0) is 0 Å². The Morgan fingerprint density at radius 1 is 1.11 bits per heavy atom. The first-order valence-electron chi connectivity index (χ1n) is 9.95. The lowest BCUT2D eigenvalue weighted by Gasteiger charge is -2.52. The number of hydrogen-bond acceptors (Lipinski definition) is 3. The van der Waals surface area contributed by atoms with Gasteiger partial charge in [0.1, 0.15) is 11.6 Å². The summed E-state index contributed by atoms with van der Waals surface area (Å²) < 4.78 is 18.6. The molecule has 2 fully saturated rings. The Morgan fingerprint density at radius 2 is 1.82 bits per heavy atom. The van der Waals surface area contributed by atoms with Gasteiger partial charge in [-0.25, -0.2) is 4.39 Å². The van der Waals surface area contributed by atoms with Crippen LogP contribution in [0.15, 0.2) is 48.5 Å². The second kappa shape index (κ2) is 7.55. The van der Waals surface area contributed by atoms with Crippen molar-refractivity contribution < 1.29 is 19.0 Å². The number of aliphatic hydroxyl groups is 1.